The standard InChI is InChI=1S/C17H13N3O2S2/c1-22-15(21)12-8-6-11(7-9-12)10-23-16-18-19-17-20(16)13-4-2-3-5-14(13)24-17/h2-9H,10H2,1H3. The smallest absolute Gasteiger partial charge is 0.337 e. The third kappa shape index (κ3) is 2.65. The summed E-state index contributed by atoms with van der Waals surface area (Å²) in [6, 6.07) is 15.6. The van der Waals surface area contributed by atoms with E-state index in [-0.39, 0.29) is 5.97 Å². The Bertz CT molecular complexity index is 1020. The van der Waals surface area contributed by atoms with E-state index in [1.807, 2.05) is 24.3 Å². The van der Waals surface area contributed by atoms with Gasteiger partial charge in [0, 0.05) is 5.75 Å². The van der Waals surface area contributed by atoms with Crippen LogP contribution in [0.4, 0.5) is 0 Å². The summed E-state index contributed by atoms with van der Waals surface area (Å²) in [5, 5.41) is 9.43. The number of rotatable bonds is 4. The van der Waals surface area contributed by atoms with E-state index in [2.05, 4.69) is 26.7 Å². The van der Waals surface area contributed by atoms with Crippen molar-refractivity contribution in [3.05, 3.63) is 59.7 Å². The number of para-hydroxylation sites is 1. The molecule has 2 aromatic heterocycles. The Labute approximate surface area is 146 Å². The number of benzene rings is 2. The number of thioether (sulfide) groups is 1. The molecule has 0 amide bonds. The number of aromatic nitrogens is 3. The zero-order chi connectivity index (χ0) is 16.5. The van der Waals surface area contributed by atoms with Crippen molar-refractivity contribution in [2.75, 3.05) is 7.11 Å². The lowest BCUT2D eigenvalue weighted by molar-refractivity contribution is 0.0600. The van der Waals surface area contributed by atoms with Gasteiger partial charge in [0.05, 0.1) is 22.9 Å². The monoisotopic (exact) mass is 355 g/mol. The number of fused-ring (bicyclic) bond motifs is 3. The lowest BCUT2D eigenvalue weighted by atomic mass is 10.1. The maximum Gasteiger partial charge on any atom is 0.337 e. The van der Waals surface area contributed by atoms with Crippen molar-refractivity contribution in [3.63, 3.8) is 0 Å². The van der Waals surface area contributed by atoms with Crippen LogP contribution in [0, 0.1) is 0 Å². The molecule has 4 rings (SSSR count). The number of methoxy groups -OCH3 is 1. The molecule has 0 bridgehead atoms. The summed E-state index contributed by atoms with van der Waals surface area (Å²) in [5.41, 5.74) is 2.80. The molecule has 0 unspecified atom stereocenters. The summed E-state index contributed by atoms with van der Waals surface area (Å²) in [6.07, 6.45) is 0. The summed E-state index contributed by atoms with van der Waals surface area (Å²) >= 11 is 3.27. The van der Waals surface area contributed by atoms with Crippen molar-refractivity contribution in [2.45, 2.75) is 10.9 Å². The van der Waals surface area contributed by atoms with Gasteiger partial charge in [0.25, 0.3) is 0 Å². The van der Waals surface area contributed by atoms with E-state index in [1.165, 1.54) is 11.8 Å². The highest BCUT2D eigenvalue weighted by molar-refractivity contribution is 7.98. The Morgan fingerprint density at radius 2 is 1.96 bits per heavy atom. The number of hydrogen-bond acceptors (Lipinski definition) is 6. The molecule has 0 radical (unpaired) electrons. The van der Waals surface area contributed by atoms with Gasteiger partial charge in [-0.25, -0.2) is 4.79 Å². The third-order valence-electron chi connectivity index (χ3n) is 3.65. The summed E-state index contributed by atoms with van der Waals surface area (Å²) < 4.78 is 8.00. The fourth-order valence-electron chi connectivity index (χ4n) is 2.45. The van der Waals surface area contributed by atoms with Crippen molar-refractivity contribution >= 4 is 44.2 Å². The second kappa shape index (κ2) is 6.26. The first kappa shape index (κ1) is 15.2. The Hall–Kier alpha value is -2.38. The molecule has 0 aliphatic carbocycles. The minimum atomic E-state index is -0.321. The van der Waals surface area contributed by atoms with Gasteiger partial charge in [0.1, 0.15) is 0 Å². The van der Waals surface area contributed by atoms with E-state index in [0.717, 1.165) is 27.0 Å². The van der Waals surface area contributed by atoms with Crippen molar-refractivity contribution in [1.82, 2.24) is 14.6 Å². The van der Waals surface area contributed by atoms with Crippen LogP contribution in [0.5, 0.6) is 0 Å². The van der Waals surface area contributed by atoms with Gasteiger partial charge in [-0.2, -0.15) is 0 Å². The first-order valence-corrected chi connectivity index (χ1v) is 9.09. The highest BCUT2D eigenvalue weighted by Gasteiger charge is 2.12. The van der Waals surface area contributed by atoms with E-state index in [9.17, 15) is 4.79 Å². The number of nitrogens with zero attached hydrogens (tertiary/aromatic N) is 3. The van der Waals surface area contributed by atoms with E-state index in [1.54, 1.807) is 35.2 Å². The maximum absolute atomic E-state index is 11.5. The molecule has 2 heterocycles. The number of hydrogen-bond donors (Lipinski definition) is 0. The molecule has 0 atom stereocenters. The molecule has 5 nitrogen and oxygen atoms in total. The second-order valence-corrected chi connectivity index (χ2v) is 7.10. The van der Waals surface area contributed by atoms with Gasteiger partial charge in [-0.1, -0.05) is 47.4 Å². The fourth-order valence-corrected chi connectivity index (χ4v) is 4.38. The molecule has 0 aliphatic heterocycles. The number of carbonyl (C=O) groups excluding carboxylic acids is 1. The maximum atomic E-state index is 11.5. The van der Waals surface area contributed by atoms with Gasteiger partial charge in [0.15, 0.2) is 5.16 Å². The van der Waals surface area contributed by atoms with Crippen LogP contribution < -0.4 is 0 Å². The highest BCUT2D eigenvalue weighted by Crippen LogP contribution is 2.30. The molecule has 120 valence electrons. The van der Waals surface area contributed by atoms with Crippen molar-refractivity contribution in [2.24, 2.45) is 0 Å². The molecule has 0 N–H and O–H groups in total. The largest absolute Gasteiger partial charge is 0.465 e. The Balaban J connectivity index is 1.57. The van der Waals surface area contributed by atoms with E-state index >= 15 is 0 Å². The molecule has 4 aromatic rings. The molecule has 24 heavy (non-hydrogen) atoms. The van der Waals surface area contributed by atoms with Crippen molar-refractivity contribution in [1.29, 1.82) is 0 Å². The van der Waals surface area contributed by atoms with Crippen molar-refractivity contribution < 1.29 is 9.53 Å². The molecule has 0 saturated carbocycles. The van der Waals surface area contributed by atoms with Crippen LogP contribution in [0.2, 0.25) is 0 Å². The SMILES string of the molecule is COC(=O)c1ccc(CSc2nnc3sc4ccccc4n23)cc1. The molecule has 0 spiro atoms. The molecular formula is C17H13N3O2S2. The quantitative estimate of drug-likeness (QED) is 0.409. The number of thiazole rings is 1. The first-order valence-electron chi connectivity index (χ1n) is 7.29. The van der Waals surface area contributed by atoms with Crippen LogP contribution in [0.1, 0.15) is 15.9 Å². The van der Waals surface area contributed by atoms with Crippen LogP contribution in [-0.4, -0.2) is 27.7 Å². The highest BCUT2D eigenvalue weighted by atomic mass is 32.2. The number of carbonyl (C=O) groups is 1. The Morgan fingerprint density at radius 1 is 1.17 bits per heavy atom. The van der Waals surface area contributed by atoms with Crippen LogP contribution >= 0.6 is 23.1 Å². The zero-order valence-corrected chi connectivity index (χ0v) is 14.4. The Kier molecular flexibility index (Phi) is 3.95. The molecule has 0 saturated heterocycles. The van der Waals surface area contributed by atoms with E-state index < -0.39 is 0 Å². The summed E-state index contributed by atoms with van der Waals surface area (Å²) in [5.74, 6) is 0.435. The summed E-state index contributed by atoms with van der Waals surface area (Å²) in [4.78, 5) is 12.4. The third-order valence-corrected chi connectivity index (χ3v) is 5.67. The van der Waals surface area contributed by atoms with Crippen LogP contribution in [-0.2, 0) is 10.5 Å². The molecule has 2 aromatic carbocycles. The first-order chi connectivity index (χ1) is 11.8. The lowest BCUT2D eigenvalue weighted by Gasteiger charge is -2.02. The van der Waals surface area contributed by atoms with Crippen LogP contribution in [0.25, 0.3) is 15.2 Å². The van der Waals surface area contributed by atoms with Gasteiger partial charge < -0.3 is 4.74 Å². The average molecular weight is 355 g/mol. The molecule has 0 fully saturated rings. The fraction of sp³-hybridized carbons (Fsp3) is 0.118. The van der Waals surface area contributed by atoms with E-state index in [4.69, 9.17) is 4.74 Å². The molecular weight excluding hydrogens is 342 g/mol. The van der Waals surface area contributed by atoms with Crippen LogP contribution in [0.3, 0.4) is 0 Å². The lowest BCUT2D eigenvalue weighted by Crippen LogP contribution is -2.00. The van der Waals surface area contributed by atoms with Crippen molar-refractivity contribution in [3.8, 4) is 0 Å². The summed E-state index contributed by atoms with van der Waals surface area (Å²) in [6.45, 7) is 0. The molecule has 7 heteroatoms. The van der Waals surface area contributed by atoms with Gasteiger partial charge in [-0.3, -0.25) is 4.40 Å². The zero-order valence-electron chi connectivity index (χ0n) is 12.8. The van der Waals surface area contributed by atoms with Gasteiger partial charge in [-0.15, -0.1) is 10.2 Å². The van der Waals surface area contributed by atoms with Gasteiger partial charge >= 0.3 is 5.97 Å². The van der Waals surface area contributed by atoms with Crippen LogP contribution in [0.15, 0.2) is 53.7 Å². The summed E-state index contributed by atoms with van der Waals surface area (Å²) in [7, 11) is 1.38. The predicted molar refractivity (Wildman–Crippen MR) is 95.7 cm³/mol. The van der Waals surface area contributed by atoms with Gasteiger partial charge in [0.2, 0.25) is 4.96 Å². The normalized spacial score (nSPS) is 11.2. The van der Waals surface area contributed by atoms with Gasteiger partial charge in [-0.05, 0) is 29.8 Å². The second-order valence-electron chi connectivity index (χ2n) is 5.15. The molecule has 0 aliphatic rings. The minimum absolute atomic E-state index is 0.321. The predicted octanol–water partition coefficient (Wildman–Crippen LogP) is 4.02. The number of esters is 1. The number of ether oxygens (including phenoxy) is 1. The minimum Gasteiger partial charge on any atom is -0.465 e. The topological polar surface area (TPSA) is 56.5 Å². The Morgan fingerprint density at radius 3 is 2.75 bits per heavy atom. The average Bonchev–Trinajstić information content (AvgIpc) is 3.19. The van der Waals surface area contributed by atoms with E-state index in [0.29, 0.717) is 5.56 Å².